The zero-order valence-electron chi connectivity index (χ0n) is 23.7. The van der Waals surface area contributed by atoms with E-state index in [9.17, 15) is 18.6 Å². The van der Waals surface area contributed by atoms with Crippen LogP contribution in [0, 0.1) is 0 Å². The van der Waals surface area contributed by atoms with Gasteiger partial charge in [0.1, 0.15) is 24.1 Å². The summed E-state index contributed by atoms with van der Waals surface area (Å²) < 4.78 is 40.1. The summed E-state index contributed by atoms with van der Waals surface area (Å²) in [5.74, 6) is 0.580. The summed E-state index contributed by atoms with van der Waals surface area (Å²) in [5, 5.41) is 24.1. The van der Waals surface area contributed by atoms with Crippen molar-refractivity contribution in [2.45, 2.75) is 56.1 Å². The number of hydrogen-bond donors (Lipinski definition) is 4. The van der Waals surface area contributed by atoms with Crippen LogP contribution in [0.4, 0.5) is 5.82 Å². The zero-order valence-corrected chi connectivity index (χ0v) is 24.5. The fourth-order valence-electron chi connectivity index (χ4n) is 4.94. The summed E-state index contributed by atoms with van der Waals surface area (Å²) in [6.45, 7) is 3.57. The number of hydrogen-bond acceptors (Lipinski definition) is 10. The Balaban J connectivity index is 1.52. The Morgan fingerprint density at radius 3 is 2.24 bits per heavy atom. The minimum atomic E-state index is -3.59. The topological polar surface area (TPSA) is 161 Å². The average molecular weight is 597 g/mol. The highest BCUT2D eigenvalue weighted by atomic mass is 32.2. The maximum Gasteiger partial charge on any atom is 0.214 e. The lowest BCUT2D eigenvalue weighted by Crippen LogP contribution is -2.33. The Bertz CT molecular complexity index is 1540. The molecule has 224 valence electrons. The molecule has 2 aromatic heterocycles. The van der Waals surface area contributed by atoms with Gasteiger partial charge in [0, 0.05) is 19.6 Å². The second-order valence-corrected chi connectivity index (χ2v) is 12.8. The van der Waals surface area contributed by atoms with E-state index in [1.54, 1.807) is 13.8 Å². The first-order chi connectivity index (χ1) is 20.2. The van der Waals surface area contributed by atoms with E-state index >= 15 is 0 Å². The fourth-order valence-corrected chi connectivity index (χ4v) is 5.60. The van der Waals surface area contributed by atoms with Crippen molar-refractivity contribution in [1.29, 1.82) is 0 Å². The molecule has 12 nitrogen and oxygen atoms in total. The average Bonchev–Trinajstić information content (AvgIpc) is 3.54. The van der Waals surface area contributed by atoms with Crippen molar-refractivity contribution in [2.24, 2.45) is 0 Å². The first-order valence-corrected chi connectivity index (χ1v) is 15.3. The molecule has 42 heavy (non-hydrogen) atoms. The van der Waals surface area contributed by atoms with Crippen molar-refractivity contribution in [2.75, 3.05) is 25.6 Å². The van der Waals surface area contributed by atoms with Gasteiger partial charge >= 0.3 is 0 Å². The van der Waals surface area contributed by atoms with Crippen molar-refractivity contribution in [3.63, 3.8) is 0 Å². The first-order valence-electron chi connectivity index (χ1n) is 13.8. The maximum atomic E-state index is 12.5. The van der Waals surface area contributed by atoms with Gasteiger partial charge in [-0.15, -0.1) is 0 Å². The summed E-state index contributed by atoms with van der Waals surface area (Å²) in [6.07, 6.45) is -2.72. The smallest absolute Gasteiger partial charge is 0.214 e. The van der Waals surface area contributed by atoms with Gasteiger partial charge in [-0.2, -0.15) is 0 Å². The predicted octanol–water partition coefficient (Wildman–Crippen LogP) is 2.16. The summed E-state index contributed by atoms with van der Waals surface area (Å²) >= 11 is 0. The SMILES string of the molecule is COC[C@H]1O[C@@H](n2cnc3c(NCC(c4ccccc4)c4ccccc4)nc(CNS(=O)(=O)C(C)C)nc32)[C@@H](O)[C@@H]1O. The Morgan fingerprint density at radius 1 is 1.00 bits per heavy atom. The number of aromatic nitrogens is 4. The molecule has 0 unspecified atom stereocenters. The van der Waals surface area contributed by atoms with Crippen LogP contribution in [0.1, 0.15) is 42.9 Å². The molecule has 3 heterocycles. The van der Waals surface area contributed by atoms with Gasteiger partial charge in [0.15, 0.2) is 23.2 Å². The second-order valence-electron chi connectivity index (χ2n) is 10.5. The molecule has 0 bridgehead atoms. The van der Waals surface area contributed by atoms with Crippen molar-refractivity contribution in [3.05, 3.63) is 83.9 Å². The third-order valence-electron chi connectivity index (χ3n) is 7.34. The molecule has 4 aromatic rings. The third kappa shape index (κ3) is 6.31. The Kier molecular flexibility index (Phi) is 9.16. The minimum absolute atomic E-state index is 0.0210. The van der Waals surface area contributed by atoms with Crippen molar-refractivity contribution >= 4 is 27.0 Å². The minimum Gasteiger partial charge on any atom is -0.387 e. The highest BCUT2D eigenvalue weighted by Gasteiger charge is 2.44. The molecule has 1 aliphatic rings. The molecular weight excluding hydrogens is 560 g/mol. The lowest BCUT2D eigenvalue weighted by molar-refractivity contribution is -0.0580. The third-order valence-corrected chi connectivity index (χ3v) is 9.13. The number of nitrogens with zero attached hydrogens (tertiary/aromatic N) is 4. The van der Waals surface area contributed by atoms with Crippen LogP contribution in [0.25, 0.3) is 11.2 Å². The van der Waals surface area contributed by atoms with E-state index in [1.807, 2.05) is 36.4 Å². The second kappa shape index (κ2) is 12.8. The summed E-state index contributed by atoms with van der Waals surface area (Å²) in [4.78, 5) is 13.8. The highest BCUT2D eigenvalue weighted by molar-refractivity contribution is 7.90. The molecule has 0 saturated carbocycles. The van der Waals surface area contributed by atoms with E-state index in [2.05, 4.69) is 49.3 Å². The highest BCUT2D eigenvalue weighted by Crippen LogP contribution is 2.33. The van der Waals surface area contributed by atoms with Gasteiger partial charge < -0.3 is 25.0 Å². The van der Waals surface area contributed by atoms with E-state index in [4.69, 9.17) is 9.47 Å². The van der Waals surface area contributed by atoms with Crippen molar-refractivity contribution in [1.82, 2.24) is 24.2 Å². The summed E-state index contributed by atoms with van der Waals surface area (Å²) in [5.41, 5.74) is 2.94. The molecule has 1 saturated heterocycles. The number of fused-ring (bicyclic) bond motifs is 1. The molecule has 0 spiro atoms. The van der Waals surface area contributed by atoms with Gasteiger partial charge in [0.05, 0.1) is 24.7 Å². The van der Waals surface area contributed by atoms with E-state index in [-0.39, 0.29) is 24.9 Å². The number of imidazole rings is 1. The van der Waals surface area contributed by atoms with Crippen LogP contribution in [0.3, 0.4) is 0 Å². The predicted molar refractivity (Wildman–Crippen MR) is 157 cm³/mol. The van der Waals surface area contributed by atoms with Crippen LogP contribution in [0.2, 0.25) is 0 Å². The van der Waals surface area contributed by atoms with E-state index < -0.39 is 39.8 Å². The molecule has 1 fully saturated rings. The van der Waals surface area contributed by atoms with Gasteiger partial charge in [0.2, 0.25) is 10.0 Å². The standard InChI is InChI=1S/C29H36N6O6S/c1-18(2)42(38,39)32-15-23-33-27(30-14-21(19-10-6-4-7-11-19)20-12-8-5-9-13-20)24-28(34-23)35(17-31-24)29-26(37)25(36)22(41-29)16-40-3/h4-13,17-18,21-22,25-26,29,32,36-37H,14-16H2,1-3H3,(H,30,33,34)/t22-,25-,26+,29-/m1/s1. The summed E-state index contributed by atoms with van der Waals surface area (Å²) in [7, 11) is -2.10. The van der Waals surface area contributed by atoms with Gasteiger partial charge in [-0.1, -0.05) is 60.7 Å². The van der Waals surface area contributed by atoms with E-state index in [0.717, 1.165) is 11.1 Å². The fraction of sp³-hybridized carbons (Fsp3) is 0.414. The van der Waals surface area contributed by atoms with Gasteiger partial charge in [-0.25, -0.2) is 28.1 Å². The Hall–Kier alpha value is -3.46. The van der Waals surface area contributed by atoms with Crippen LogP contribution >= 0.6 is 0 Å². The van der Waals surface area contributed by atoms with Gasteiger partial charge in [0.25, 0.3) is 0 Å². The van der Waals surface area contributed by atoms with Crippen LogP contribution in [0.15, 0.2) is 67.0 Å². The number of sulfonamides is 1. The molecule has 1 aliphatic heterocycles. The molecule has 0 aliphatic carbocycles. The molecule has 2 aromatic carbocycles. The Morgan fingerprint density at radius 2 is 1.64 bits per heavy atom. The monoisotopic (exact) mass is 596 g/mol. The quantitative estimate of drug-likeness (QED) is 0.191. The number of rotatable bonds is 12. The van der Waals surface area contributed by atoms with Crippen molar-refractivity contribution in [3.8, 4) is 0 Å². The van der Waals surface area contributed by atoms with Crippen LogP contribution in [-0.4, -0.2) is 82.0 Å². The van der Waals surface area contributed by atoms with Crippen molar-refractivity contribution < 1.29 is 28.1 Å². The molecule has 0 radical (unpaired) electrons. The van der Waals surface area contributed by atoms with Crippen LogP contribution in [0.5, 0.6) is 0 Å². The largest absolute Gasteiger partial charge is 0.387 e. The summed E-state index contributed by atoms with van der Waals surface area (Å²) in [6, 6.07) is 20.2. The zero-order chi connectivity index (χ0) is 29.9. The number of anilines is 1. The van der Waals surface area contributed by atoms with E-state index in [1.165, 1.54) is 18.0 Å². The number of aliphatic hydroxyl groups is 2. The Labute approximate surface area is 244 Å². The lowest BCUT2D eigenvalue weighted by Gasteiger charge is -2.20. The molecule has 13 heteroatoms. The molecular formula is C29H36N6O6S. The first kappa shape index (κ1) is 30.0. The van der Waals surface area contributed by atoms with Gasteiger partial charge in [-0.3, -0.25) is 4.57 Å². The normalized spacial score (nSPS) is 21.0. The maximum absolute atomic E-state index is 12.5. The van der Waals surface area contributed by atoms with Crippen LogP contribution < -0.4 is 10.0 Å². The molecule has 4 N–H and O–H groups in total. The lowest BCUT2D eigenvalue weighted by atomic mass is 9.91. The number of nitrogens with one attached hydrogen (secondary N) is 2. The van der Waals surface area contributed by atoms with E-state index in [0.29, 0.717) is 23.5 Å². The van der Waals surface area contributed by atoms with Crippen LogP contribution in [-0.2, 0) is 26.0 Å². The number of methoxy groups -OCH3 is 1. The molecule has 4 atom stereocenters. The molecule has 5 rings (SSSR count). The molecule has 0 amide bonds. The van der Waals surface area contributed by atoms with Gasteiger partial charge in [-0.05, 0) is 25.0 Å². The number of ether oxygens (including phenoxy) is 2. The number of aliphatic hydroxyl groups excluding tert-OH is 2. The number of benzene rings is 2.